The molecular formula is C17H18ClNO3S3. The summed E-state index contributed by atoms with van der Waals surface area (Å²) in [6.07, 6.45) is 0.519. The lowest BCUT2D eigenvalue weighted by atomic mass is 10.2. The minimum atomic E-state index is -3.04. The molecule has 1 aromatic heterocycles. The Balaban J connectivity index is 1.69. The first-order chi connectivity index (χ1) is 11.9. The third-order valence-electron chi connectivity index (χ3n) is 4.05. The second kappa shape index (κ2) is 8.12. The van der Waals surface area contributed by atoms with Crippen LogP contribution in [0.3, 0.4) is 0 Å². The third-order valence-corrected chi connectivity index (χ3v) is 7.91. The summed E-state index contributed by atoms with van der Waals surface area (Å²) in [6, 6.07) is 11.0. The Morgan fingerprint density at radius 1 is 1.28 bits per heavy atom. The predicted molar refractivity (Wildman–Crippen MR) is 104 cm³/mol. The number of amides is 1. The Bertz CT molecular complexity index is 819. The maximum Gasteiger partial charge on any atom is 0.233 e. The lowest BCUT2D eigenvalue weighted by molar-refractivity contribution is -0.130. The Hall–Kier alpha value is -1.02. The Morgan fingerprint density at radius 3 is 2.64 bits per heavy atom. The summed E-state index contributed by atoms with van der Waals surface area (Å²) in [6.45, 7) is 0.470. The maximum atomic E-state index is 12.8. The first-order valence-corrected chi connectivity index (χ1v) is 11.9. The second-order valence-electron chi connectivity index (χ2n) is 5.90. The van der Waals surface area contributed by atoms with E-state index < -0.39 is 9.84 Å². The van der Waals surface area contributed by atoms with Gasteiger partial charge < -0.3 is 4.90 Å². The summed E-state index contributed by atoms with van der Waals surface area (Å²) in [5.41, 5.74) is 0. The smallest absolute Gasteiger partial charge is 0.233 e. The molecule has 0 spiro atoms. The number of carbonyl (C=O) groups is 1. The molecule has 8 heteroatoms. The minimum Gasteiger partial charge on any atom is -0.333 e. The zero-order valence-electron chi connectivity index (χ0n) is 13.4. The van der Waals surface area contributed by atoms with Gasteiger partial charge in [0, 0.05) is 20.8 Å². The molecule has 0 N–H and O–H groups in total. The Labute approximate surface area is 161 Å². The van der Waals surface area contributed by atoms with Gasteiger partial charge in [0.2, 0.25) is 5.91 Å². The highest BCUT2D eigenvalue weighted by atomic mass is 35.5. The van der Waals surface area contributed by atoms with Crippen molar-refractivity contribution < 1.29 is 13.2 Å². The molecule has 1 atom stereocenters. The first kappa shape index (κ1) is 18.8. The summed E-state index contributed by atoms with van der Waals surface area (Å²) >= 11 is 8.90. The van der Waals surface area contributed by atoms with Crippen molar-refractivity contribution in [1.29, 1.82) is 0 Å². The number of sulfone groups is 1. The summed E-state index contributed by atoms with van der Waals surface area (Å²) in [5, 5.41) is 2.62. The van der Waals surface area contributed by atoms with Crippen LogP contribution >= 0.6 is 34.7 Å². The second-order valence-corrected chi connectivity index (χ2v) is 10.6. The number of thiophene rings is 1. The van der Waals surface area contributed by atoms with Crippen molar-refractivity contribution in [2.24, 2.45) is 0 Å². The third kappa shape index (κ3) is 5.23. The highest BCUT2D eigenvalue weighted by Crippen LogP contribution is 2.25. The van der Waals surface area contributed by atoms with Crippen molar-refractivity contribution >= 4 is 50.4 Å². The molecule has 1 saturated heterocycles. The Kier molecular flexibility index (Phi) is 6.09. The molecule has 0 aliphatic carbocycles. The van der Waals surface area contributed by atoms with Gasteiger partial charge in [-0.3, -0.25) is 4.79 Å². The molecule has 0 bridgehead atoms. The van der Waals surface area contributed by atoms with Gasteiger partial charge in [-0.2, -0.15) is 0 Å². The molecule has 0 radical (unpaired) electrons. The number of halogens is 1. The molecule has 0 saturated carbocycles. The van der Waals surface area contributed by atoms with E-state index in [0.29, 0.717) is 18.0 Å². The number of rotatable bonds is 6. The topological polar surface area (TPSA) is 54.5 Å². The van der Waals surface area contributed by atoms with Crippen LogP contribution < -0.4 is 0 Å². The van der Waals surface area contributed by atoms with Gasteiger partial charge in [-0.25, -0.2) is 8.42 Å². The molecule has 134 valence electrons. The average Bonchev–Trinajstić information content (AvgIpc) is 3.21. The molecule has 1 aromatic carbocycles. The van der Waals surface area contributed by atoms with Crippen LogP contribution in [-0.4, -0.2) is 42.5 Å². The molecule has 3 rings (SSSR count). The lowest BCUT2D eigenvalue weighted by Gasteiger charge is -2.28. The van der Waals surface area contributed by atoms with E-state index in [4.69, 9.17) is 11.6 Å². The predicted octanol–water partition coefficient (Wildman–Crippen LogP) is 3.71. The fourth-order valence-electron chi connectivity index (χ4n) is 2.77. The molecular weight excluding hydrogens is 398 g/mol. The van der Waals surface area contributed by atoms with Crippen molar-refractivity contribution in [2.75, 3.05) is 17.3 Å². The zero-order valence-corrected chi connectivity index (χ0v) is 16.6. The molecule has 1 aliphatic rings. The monoisotopic (exact) mass is 415 g/mol. The summed E-state index contributed by atoms with van der Waals surface area (Å²) in [5.74, 6) is 0.477. The van der Waals surface area contributed by atoms with E-state index in [2.05, 4.69) is 0 Å². The molecule has 2 aromatic rings. The van der Waals surface area contributed by atoms with Crippen molar-refractivity contribution in [3.63, 3.8) is 0 Å². The van der Waals surface area contributed by atoms with Gasteiger partial charge in [-0.05, 0) is 42.1 Å². The van der Waals surface area contributed by atoms with Gasteiger partial charge in [0.15, 0.2) is 9.84 Å². The highest BCUT2D eigenvalue weighted by Gasteiger charge is 2.34. The Morgan fingerprint density at radius 2 is 2.04 bits per heavy atom. The minimum absolute atomic E-state index is 0.0320. The van der Waals surface area contributed by atoms with E-state index in [-0.39, 0.29) is 29.2 Å². The van der Waals surface area contributed by atoms with Crippen molar-refractivity contribution in [3.8, 4) is 0 Å². The number of carbonyl (C=O) groups excluding carboxylic acids is 1. The summed E-state index contributed by atoms with van der Waals surface area (Å²) in [7, 11) is -3.04. The van der Waals surface area contributed by atoms with Crippen molar-refractivity contribution in [2.45, 2.75) is 23.9 Å². The van der Waals surface area contributed by atoms with E-state index in [1.807, 2.05) is 29.6 Å². The van der Waals surface area contributed by atoms with Gasteiger partial charge in [-0.1, -0.05) is 17.7 Å². The number of hydrogen-bond acceptors (Lipinski definition) is 5. The van der Waals surface area contributed by atoms with Crippen LogP contribution in [0.5, 0.6) is 0 Å². The largest absolute Gasteiger partial charge is 0.333 e. The number of nitrogens with zero attached hydrogens (tertiary/aromatic N) is 1. The first-order valence-electron chi connectivity index (χ1n) is 7.83. The normalized spacial score (nSPS) is 19.0. The number of hydrogen-bond donors (Lipinski definition) is 0. The molecule has 1 aliphatic heterocycles. The number of thioether (sulfide) groups is 1. The number of benzene rings is 1. The van der Waals surface area contributed by atoms with Crippen LogP contribution in [-0.2, 0) is 21.2 Å². The molecule has 1 amide bonds. The van der Waals surface area contributed by atoms with Crippen LogP contribution in [0.15, 0.2) is 46.7 Å². The van der Waals surface area contributed by atoms with Crippen LogP contribution in [0.25, 0.3) is 0 Å². The quantitative estimate of drug-likeness (QED) is 0.675. The van der Waals surface area contributed by atoms with Crippen molar-refractivity contribution in [3.05, 3.63) is 51.7 Å². The van der Waals surface area contributed by atoms with Gasteiger partial charge in [0.1, 0.15) is 0 Å². The molecule has 4 nitrogen and oxygen atoms in total. The fourth-order valence-corrected chi connectivity index (χ4v) is 6.12. The zero-order chi connectivity index (χ0) is 17.9. The molecule has 0 unspecified atom stereocenters. The van der Waals surface area contributed by atoms with Crippen LogP contribution in [0.4, 0.5) is 0 Å². The van der Waals surface area contributed by atoms with Gasteiger partial charge in [-0.15, -0.1) is 23.1 Å². The van der Waals surface area contributed by atoms with Crippen LogP contribution in [0, 0.1) is 0 Å². The van der Waals surface area contributed by atoms with E-state index in [0.717, 1.165) is 9.77 Å². The fraction of sp³-hybridized carbons (Fsp3) is 0.353. The van der Waals surface area contributed by atoms with E-state index >= 15 is 0 Å². The highest BCUT2D eigenvalue weighted by molar-refractivity contribution is 8.00. The van der Waals surface area contributed by atoms with Gasteiger partial charge in [0.05, 0.1) is 23.8 Å². The van der Waals surface area contributed by atoms with E-state index in [9.17, 15) is 13.2 Å². The summed E-state index contributed by atoms with van der Waals surface area (Å²) in [4.78, 5) is 16.6. The maximum absolute atomic E-state index is 12.8. The molecule has 25 heavy (non-hydrogen) atoms. The van der Waals surface area contributed by atoms with Crippen LogP contribution in [0.2, 0.25) is 5.02 Å². The van der Waals surface area contributed by atoms with E-state index in [1.54, 1.807) is 28.4 Å². The lowest BCUT2D eigenvalue weighted by Crippen LogP contribution is -2.41. The van der Waals surface area contributed by atoms with E-state index in [1.165, 1.54) is 11.8 Å². The van der Waals surface area contributed by atoms with Crippen molar-refractivity contribution in [1.82, 2.24) is 4.90 Å². The molecule has 2 heterocycles. The average molecular weight is 416 g/mol. The summed E-state index contributed by atoms with van der Waals surface area (Å²) < 4.78 is 23.7. The van der Waals surface area contributed by atoms with Crippen LogP contribution in [0.1, 0.15) is 11.3 Å². The standard InChI is InChI=1S/C17H18ClNO3S3/c18-13-3-5-15(6-4-13)24-11-17(20)19(10-16-2-1-8-23-16)14-7-9-25(21,22)12-14/h1-6,8,14H,7,9-12H2/t14-/m0/s1. The SMILES string of the molecule is O=C(CSc1ccc(Cl)cc1)N(Cc1cccs1)[C@H]1CCS(=O)(=O)C1. The molecule has 1 fully saturated rings. The van der Waals surface area contributed by atoms with Gasteiger partial charge >= 0.3 is 0 Å². The van der Waals surface area contributed by atoms with Gasteiger partial charge in [0.25, 0.3) is 0 Å².